The molecule has 0 bridgehead atoms. The van der Waals surface area contributed by atoms with Crippen molar-refractivity contribution in [3.05, 3.63) is 42.5 Å². The SMILES string of the molecule is CN(C)CCn1c2ccccc2c2cc(N)ccc21.Cl.Cl. The van der Waals surface area contributed by atoms with E-state index in [-0.39, 0.29) is 24.8 Å². The van der Waals surface area contributed by atoms with Gasteiger partial charge in [-0.25, -0.2) is 0 Å². The lowest BCUT2D eigenvalue weighted by Crippen LogP contribution is -2.18. The molecule has 0 radical (unpaired) electrons. The molecule has 0 saturated heterocycles. The van der Waals surface area contributed by atoms with Crippen molar-refractivity contribution in [2.24, 2.45) is 0 Å². The summed E-state index contributed by atoms with van der Waals surface area (Å²) in [7, 11) is 4.21. The second-order valence-corrected chi connectivity index (χ2v) is 5.25. The van der Waals surface area contributed by atoms with Gasteiger partial charge >= 0.3 is 0 Å². The van der Waals surface area contributed by atoms with Gasteiger partial charge < -0.3 is 15.2 Å². The summed E-state index contributed by atoms with van der Waals surface area (Å²) in [5, 5.41) is 2.53. The van der Waals surface area contributed by atoms with Crippen LogP contribution in [0.25, 0.3) is 21.8 Å². The highest BCUT2D eigenvalue weighted by atomic mass is 35.5. The normalized spacial score (nSPS) is 10.6. The number of nitrogen functional groups attached to an aromatic ring is 1. The monoisotopic (exact) mass is 325 g/mol. The maximum Gasteiger partial charge on any atom is 0.0493 e. The van der Waals surface area contributed by atoms with Crippen molar-refractivity contribution in [2.75, 3.05) is 26.4 Å². The Labute approximate surface area is 137 Å². The van der Waals surface area contributed by atoms with E-state index in [9.17, 15) is 0 Å². The molecule has 2 aromatic carbocycles. The third-order valence-corrected chi connectivity index (χ3v) is 3.57. The number of aromatic nitrogens is 1. The predicted octanol–water partition coefficient (Wildman–Crippen LogP) is 3.78. The van der Waals surface area contributed by atoms with Gasteiger partial charge in [-0.05, 0) is 38.4 Å². The Morgan fingerprint density at radius 2 is 1.62 bits per heavy atom. The molecule has 3 nitrogen and oxygen atoms in total. The first kappa shape index (κ1) is 17.6. The lowest BCUT2D eigenvalue weighted by Gasteiger charge is -2.12. The maximum absolute atomic E-state index is 5.93. The van der Waals surface area contributed by atoms with Crippen LogP contribution in [-0.4, -0.2) is 30.1 Å². The molecule has 3 rings (SSSR count). The van der Waals surface area contributed by atoms with Gasteiger partial charge in [0.25, 0.3) is 0 Å². The highest BCUT2D eigenvalue weighted by Gasteiger charge is 2.10. The van der Waals surface area contributed by atoms with Gasteiger partial charge in [-0.1, -0.05) is 18.2 Å². The van der Waals surface area contributed by atoms with Crippen LogP contribution in [0.5, 0.6) is 0 Å². The van der Waals surface area contributed by atoms with Crippen LogP contribution in [0.2, 0.25) is 0 Å². The molecule has 0 aliphatic carbocycles. The zero-order valence-corrected chi connectivity index (χ0v) is 13.9. The van der Waals surface area contributed by atoms with Crippen LogP contribution in [0, 0.1) is 0 Å². The summed E-state index contributed by atoms with van der Waals surface area (Å²) in [6.07, 6.45) is 0. The lowest BCUT2D eigenvalue weighted by atomic mass is 10.1. The smallest absolute Gasteiger partial charge is 0.0493 e. The minimum Gasteiger partial charge on any atom is -0.399 e. The first-order valence-corrected chi connectivity index (χ1v) is 6.58. The maximum atomic E-state index is 5.93. The molecule has 0 fully saturated rings. The van der Waals surface area contributed by atoms with Gasteiger partial charge in [-0.3, -0.25) is 0 Å². The van der Waals surface area contributed by atoms with Crippen LogP contribution in [0.1, 0.15) is 0 Å². The predicted molar refractivity (Wildman–Crippen MR) is 96.9 cm³/mol. The summed E-state index contributed by atoms with van der Waals surface area (Å²) in [5.41, 5.74) is 9.29. The Balaban J connectivity index is 0.00000110. The van der Waals surface area contributed by atoms with Crippen LogP contribution < -0.4 is 5.73 Å². The van der Waals surface area contributed by atoms with Gasteiger partial charge in [0, 0.05) is 40.6 Å². The molecule has 0 spiro atoms. The van der Waals surface area contributed by atoms with Crippen LogP contribution in [-0.2, 0) is 6.54 Å². The van der Waals surface area contributed by atoms with Crippen molar-refractivity contribution >= 4 is 52.3 Å². The van der Waals surface area contributed by atoms with Gasteiger partial charge in [-0.2, -0.15) is 0 Å². The fourth-order valence-corrected chi connectivity index (χ4v) is 2.61. The first-order valence-electron chi connectivity index (χ1n) is 6.58. The number of hydrogen-bond acceptors (Lipinski definition) is 2. The van der Waals surface area contributed by atoms with E-state index in [0.717, 1.165) is 18.8 Å². The summed E-state index contributed by atoms with van der Waals surface area (Å²) in [5.74, 6) is 0. The van der Waals surface area contributed by atoms with Crippen LogP contribution in [0.4, 0.5) is 5.69 Å². The number of anilines is 1. The van der Waals surface area contributed by atoms with Gasteiger partial charge in [0.05, 0.1) is 0 Å². The summed E-state index contributed by atoms with van der Waals surface area (Å²) < 4.78 is 2.38. The third-order valence-electron chi connectivity index (χ3n) is 3.57. The van der Waals surface area contributed by atoms with Gasteiger partial charge in [-0.15, -0.1) is 24.8 Å². The van der Waals surface area contributed by atoms with Crippen LogP contribution >= 0.6 is 24.8 Å². The molecule has 1 aromatic heterocycles. The number of para-hydroxylation sites is 1. The molecule has 2 N–H and O–H groups in total. The molecular formula is C16H21Cl2N3. The summed E-state index contributed by atoms with van der Waals surface area (Å²) in [6, 6.07) is 14.7. The number of hydrogen-bond donors (Lipinski definition) is 1. The number of nitrogens with two attached hydrogens (primary N) is 1. The molecule has 3 aromatic rings. The summed E-state index contributed by atoms with van der Waals surface area (Å²) in [6.45, 7) is 2.01. The molecular weight excluding hydrogens is 305 g/mol. The molecule has 0 atom stereocenters. The molecule has 21 heavy (non-hydrogen) atoms. The van der Waals surface area contributed by atoms with E-state index in [0.29, 0.717) is 0 Å². The molecule has 0 unspecified atom stereocenters. The number of nitrogens with zero attached hydrogens (tertiary/aromatic N) is 2. The number of rotatable bonds is 3. The Hall–Kier alpha value is -1.42. The number of fused-ring (bicyclic) bond motifs is 3. The van der Waals surface area contributed by atoms with Gasteiger partial charge in [0.2, 0.25) is 0 Å². The van der Waals surface area contributed by atoms with Crippen LogP contribution in [0.15, 0.2) is 42.5 Å². The number of benzene rings is 2. The van der Waals surface area contributed by atoms with E-state index in [1.807, 2.05) is 6.07 Å². The second-order valence-electron chi connectivity index (χ2n) is 5.25. The van der Waals surface area contributed by atoms with E-state index in [2.05, 4.69) is 60.0 Å². The molecule has 114 valence electrons. The minimum absolute atomic E-state index is 0. The molecule has 0 aliphatic heterocycles. The van der Waals surface area contributed by atoms with Gasteiger partial charge in [0.1, 0.15) is 0 Å². The van der Waals surface area contributed by atoms with Crippen molar-refractivity contribution in [1.29, 1.82) is 0 Å². The lowest BCUT2D eigenvalue weighted by molar-refractivity contribution is 0.389. The third kappa shape index (κ3) is 3.26. The van der Waals surface area contributed by atoms with Crippen LogP contribution in [0.3, 0.4) is 0 Å². The Morgan fingerprint density at radius 3 is 2.33 bits per heavy atom. The zero-order valence-electron chi connectivity index (χ0n) is 12.2. The molecule has 5 heteroatoms. The Morgan fingerprint density at radius 1 is 0.952 bits per heavy atom. The van der Waals surface area contributed by atoms with Crippen molar-refractivity contribution in [2.45, 2.75) is 6.54 Å². The molecule has 0 aliphatic rings. The zero-order chi connectivity index (χ0) is 13.4. The van der Waals surface area contributed by atoms with Gasteiger partial charge in [0.15, 0.2) is 0 Å². The quantitative estimate of drug-likeness (QED) is 0.743. The highest BCUT2D eigenvalue weighted by Crippen LogP contribution is 2.30. The topological polar surface area (TPSA) is 34.2 Å². The Kier molecular flexibility index (Phi) is 5.90. The molecule has 0 saturated carbocycles. The van der Waals surface area contributed by atoms with E-state index in [1.165, 1.54) is 21.8 Å². The van der Waals surface area contributed by atoms with Crippen molar-refractivity contribution in [3.63, 3.8) is 0 Å². The average molecular weight is 326 g/mol. The Bertz CT molecular complexity index is 735. The van der Waals surface area contributed by atoms with E-state index in [4.69, 9.17) is 5.73 Å². The highest BCUT2D eigenvalue weighted by molar-refractivity contribution is 6.08. The van der Waals surface area contributed by atoms with E-state index >= 15 is 0 Å². The standard InChI is InChI=1S/C16H19N3.2ClH/c1-18(2)9-10-19-15-6-4-3-5-13(15)14-11-12(17)7-8-16(14)19;;/h3-8,11H,9-10,17H2,1-2H3;2*1H. The number of halogens is 2. The largest absolute Gasteiger partial charge is 0.399 e. The van der Waals surface area contributed by atoms with Crippen molar-refractivity contribution in [3.8, 4) is 0 Å². The summed E-state index contributed by atoms with van der Waals surface area (Å²) in [4.78, 5) is 2.21. The number of likely N-dealkylation sites (N-methyl/N-ethyl adjacent to an activating group) is 1. The molecule has 0 amide bonds. The van der Waals surface area contributed by atoms with E-state index in [1.54, 1.807) is 0 Å². The van der Waals surface area contributed by atoms with Crippen molar-refractivity contribution < 1.29 is 0 Å². The average Bonchev–Trinajstić information content (AvgIpc) is 2.70. The van der Waals surface area contributed by atoms with Crippen molar-refractivity contribution in [1.82, 2.24) is 9.47 Å². The summed E-state index contributed by atoms with van der Waals surface area (Å²) >= 11 is 0. The minimum atomic E-state index is 0. The first-order chi connectivity index (χ1) is 9.16. The fourth-order valence-electron chi connectivity index (χ4n) is 2.61. The molecule has 1 heterocycles. The second kappa shape index (κ2) is 7.03. The van der Waals surface area contributed by atoms with E-state index < -0.39 is 0 Å². The fraction of sp³-hybridized carbons (Fsp3) is 0.250.